The van der Waals surface area contributed by atoms with Gasteiger partial charge in [-0.1, -0.05) is 12.1 Å². The van der Waals surface area contributed by atoms with Crippen LogP contribution in [0.3, 0.4) is 0 Å². The lowest BCUT2D eigenvalue weighted by atomic mass is 10.1. The van der Waals surface area contributed by atoms with Crippen molar-refractivity contribution in [3.05, 3.63) is 35.6 Å². The van der Waals surface area contributed by atoms with Crippen LogP contribution < -0.4 is 0 Å². The van der Waals surface area contributed by atoms with Gasteiger partial charge < -0.3 is 10.0 Å². The quantitative estimate of drug-likeness (QED) is 0.887. The number of carbonyl (C=O) groups excluding carboxylic acids is 1. The third kappa shape index (κ3) is 2.85. The molecule has 1 saturated heterocycles. The number of rotatable bonds is 4. The number of likely N-dealkylation sites (tertiary alicyclic amines) is 1. The molecule has 1 aromatic carbocycles. The van der Waals surface area contributed by atoms with Crippen molar-refractivity contribution in [1.82, 2.24) is 4.90 Å². The van der Waals surface area contributed by atoms with Crippen LogP contribution in [0.2, 0.25) is 0 Å². The predicted molar refractivity (Wildman–Crippen MR) is 62.2 cm³/mol. The summed E-state index contributed by atoms with van der Waals surface area (Å²) in [7, 11) is 0. The number of carboxylic acid groups (broad SMARTS) is 1. The van der Waals surface area contributed by atoms with Gasteiger partial charge in [-0.2, -0.15) is 0 Å². The molecule has 1 aliphatic rings. The molecule has 0 spiro atoms. The van der Waals surface area contributed by atoms with Crippen LogP contribution in [0.15, 0.2) is 24.3 Å². The lowest BCUT2D eigenvalue weighted by Gasteiger charge is -2.23. The van der Waals surface area contributed by atoms with Gasteiger partial charge in [0.2, 0.25) is 5.91 Å². The summed E-state index contributed by atoms with van der Waals surface area (Å²) in [6.45, 7) is 0.344. The molecule has 0 radical (unpaired) electrons. The van der Waals surface area contributed by atoms with E-state index in [4.69, 9.17) is 5.11 Å². The third-order valence-electron chi connectivity index (χ3n) is 3.13. The fraction of sp³-hybridized carbons (Fsp3) is 0.385. The highest BCUT2D eigenvalue weighted by atomic mass is 19.1. The van der Waals surface area contributed by atoms with E-state index in [1.165, 1.54) is 12.1 Å². The minimum Gasteiger partial charge on any atom is -0.481 e. The molecule has 1 aromatic rings. The van der Waals surface area contributed by atoms with E-state index in [1.54, 1.807) is 17.0 Å². The van der Waals surface area contributed by atoms with Gasteiger partial charge in [0.05, 0.1) is 6.42 Å². The van der Waals surface area contributed by atoms with Crippen LogP contribution in [0.5, 0.6) is 0 Å². The fourth-order valence-electron chi connectivity index (χ4n) is 2.21. The molecule has 5 heteroatoms. The minimum absolute atomic E-state index is 0.0348. The Balaban J connectivity index is 2.07. The zero-order valence-electron chi connectivity index (χ0n) is 9.80. The zero-order chi connectivity index (χ0) is 13.1. The maximum absolute atomic E-state index is 12.8. The van der Waals surface area contributed by atoms with Crippen LogP contribution in [0.25, 0.3) is 0 Å². The summed E-state index contributed by atoms with van der Waals surface area (Å²) in [6.07, 6.45) is 0.929. The van der Waals surface area contributed by atoms with Gasteiger partial charge in [0.1, 0.15) is 5.82 Å². The Morgan fingerprint density at radius 3 is 2.67 bits per heavy atom. The van der Waals surface area contributed by atoms with Gasteiger partial charge in [0.15, 0.2) is 0 Å². The summed E-state index contributed by atoms with van der Waals surface area (Å²) >= 11 is 0. The van der Waals surface area contributed by atoms with Gasteiger partial charge in [-0.3, -0.25) is 9.59 Å². The molecular weight excluding hydrogens is 237 g/mol. The van der Waals surface area contributed by atoms with Crippen molar-refractivity contribution in [2.45, 2.75) is 31.8 Å². The van der Waals surface area contributed by atoms with Crippen molar-refractivity contribution in [2.24, 2.45) is 0 Å². The molecule has 1 N–H and O–H groups in total. The number of benzene rings is 1. The van der Waals surface area contributed by atoms with Gasteiger partial charge in [0, 0.05) is 19.0 Å². The van der Waals surface area contributed by atoms with E-state index in [1.807, 2.05) is 0 Å². The minimum atomic E-state index is -0.904. The molecule has 0 aliphatic carbocycles. The Bertz CT molecular complexity index is 458. The molecule has 1 unspecified atom stereocenters. The van der Waals surface area contributed by atoms with Crippen molar-refractivity contribution < 1.29 is 19.1 Å². The van der Waals surface area contributed by atoms with Gasteiger partial charge >= 0.3 is 5.97 Å². The molecule has 2 rings (SSSR count). The summed E-state index contributed by atoms with van der Waals surface area (Å²) < 4.78 is 12.8. The number of halogens is 1. The van der Waals surface area contributed by atoms with Crippen LogP contribution in [0.4, 0.5) is 4.39 Å². The monoisotopic (exact) mass is 251 g/mol. The highest BCUT2D eigenvalue weighted by Gasteiger charge is 2.32. The van der Waals surface area contributed by atoms with Crippen molar-refractivity contribution in [2.75, 3.05) is 0 Å². The first-order valence-electron chi connectivity index (χ1n) is 5.82. The molecule has 18 heavy (non-hydrogen) atoms. The smallest absolute Gasteiger partial charge is 0.305 e. The molecular formula is C13H14FNO3. The molecule has 0 aromatic heterocycles. The van der Waals surface area contributed by atoms with E-state index in [2.05, 4.69) is 0 Å². The van der Waals surface area contributed by atoms with E-state index in [-0.39, 0.29) is 24.2 Å². The van der Waals surface area contributed by atoms with Gasteiger partial charge in [-0.15, -0.1) is 0 Å². The van der Waals surface area contributed by atoms with Crippen molar-refractivity contribution in [1.29, 1.82) is 0 Å². The van der Waals surface area contributed by atoms with Crippen molar-refractivity contribution in [3.63, 3.8) is 0 Å². The second-order valence-electron chi connectivity index (χ2n) is 4.44. The fourth-order valence-corrected chi connectivity index (χ4v) is 2.21. The van der Waals surface area contributed by atoms with E-state index in [0.717, 1.165) is 5.56 Å². The second kappa shape index (κ2) is 5.16. The lowest BCUT2D eigenvalue weighted by molar-refractivity contribution is -0.139. The molecule has 0 bridgehead atoms. The van der Waals surface area contributed by atoms with E-state index < -0.39 is 5.97 Å². The molecule has 1 fully saturated rings. The lowest BCUT2D eigenvalue weighted by Crippen LogP contribution is -2.33. The number of carbonyl (C=O) groups is 2. The average Bonchev–Trinajstić information content (AvgIpc) is 2.64. The molecule has 1 heterocycles. The summed E-state index contributed by atoms with van der Waals surface area (Å²) in [4.78, 5) is 24.0. The van der Waals surface area contributed by atoms with Crippen LogP contribution in [0, 0.1) is 5.82 Å². The maximum atomic E-state index is 12.8. The van der Waals surface area contributed by atoms with Crippen LogP contribution in [0.1, 0.15) is 24.8 Å². The summed E-state index contributed by atoms with van der Waals surface area (Å²) in [5.74, 6) is -1.27. The van der Waals surface area contributed by atoms with Crippen LogP contribution in [-0.4, -0.2) is 27.9 Å². The normalized spacial score (nSPS) is 19.3. The topological polar surface area (TPSA) is 57.6 Å². The summed E-state index contributed by atoms with van der Waals surface area (Å²) in [5.41, 5.74) is 0.807. The Morgan fingerprint density at radius 1 is 1.39 bits per heavy atom. The van der Waals surface area contributed by atoms with E-state index in [0.29, 0.717) is 19.4 Å². The highest BCUT2D eigenvalue weighted by Crippen LogP contribution is 2.23. The highest BCUT2D eigenvalue weighted by molar-refractivity contribution is 5.80. The number of hydrogen-bond acceptors (Lipinski definition) is 2. The number of aliphatic carboxylic acids is 1. The predicted octanol–water partition coefficient (Wildman–Crippen LogP) is 1.79. The SMILES string of the molecule is O=C(O)CC1CCC(=O)N1Cc1ccc(F)cc1. The van der Waals surface area contributed by atoms with Crippen LogP contribution >= 0.6 is 0 Å². The number of amides is 1. The molecule has 1 atom stereocenters. The second-order valence-corrected chi connectivity index (χ2v) is 4.44. The van der Waals surface area contributed by atoms with Gasteiger partial charge in [-0.25, -0.2) is 4.39 Å². The molecule has 96 valence electrons. The molecule has 1 aliphatic heterocycles. The Kier molecular flexibility index (Phi) is 3.60. The maximum Gasteiger partial charge on any atom is 0.305 e. The Morgan fingerprint density at radius 2 is 2.06 bits per heavy atom. The third-order valence-corrected chi connectivity index (χ3v) is 3.13. The first-order chi connectivity index (χ1) is 8.56. The van der Waals surface area contributed by atoms with E-state index >= 15 is 0 Å². The first kappa shape index (κ1) is 12.5. The van der Waals surface area contributed by atoms with Crippen LogP contribution in [-0.2, 0) is 16.1 Å². The van der Waals surface area contributed by atoms with Gasteiger partial charge in [-0.05, 0) is 24.1 Å². The Hall–Kier alpha value is -1.91. The molecule has 4 nitrogen and oxygen atoms in total. The Labute approximate surface area is 104 Å². The number of carboxylic acids is 1. The van der Waals surface area contributed by atoms with Gasteiger partial charge in [0.25, 0.3) is 0 Å². The summed E-state index contributed by atoms with van der Waals surface area (Å²) in [5, 5.41) is 8.79. The largest absolute Gasteiger partial charge is 0.481 e. The van der Waals surface area contributed by atoms with E-state index in [9.17, 15) is 14.0 Å². The average molecular weight is 251 g/mol. The molecule has 0 saturated carbocycles. The zero-order valence-corrected chi connectivity index (χ0v) is 9.80. The van der Waals surface area contributed by atoms with Crippen molar-refractivity contribution in [3.8, 4) is 0 Å². The first-order valence-corrected chi connectivity index (χ1v) is 5.82. The number of nitrogens with zero attached hydrogens (tertiary/aromatic N) is 1. The molecule has 1 amide bonds. The van der Waals surface area contributed by atoms with Crippen molar-refractivity contribution >= 4 is 11.9 Å². The standard InChI is InChI=1S/C13H14FNO3/c14-10-3-1-9(2-4-10)8-15-11(7-13(17)18)5-6-12(15)16/h1-4,11H,5-8H2,(H,17,18). The number of hydrogen-bond donors (Lipinski definition) is 1. The summed E-state index contributed by atoms with van der Waals surface area (Å²) in [6, 6.07) is 5.64.